The lowest BCUT2D eigenvalue weighted by Crippen LogP contribution is -2.57. The van der Waals surface area contributed by atoms with Crippen LogP contribution in [-0.2, 0) is 12.0 Å². The highest BCUT2D eigenvalue weighted by Gasteiger charge is 3.00. The molecule has 10 heteroatoms. The van der Waals surface area contributed by atoms with Crippen molar-refractivity contribution in [1.29, 1.82) is 0 Å². The summed E-state index contributed by atoms with van der Waals surface area (Å²) in [6.45, 7) is 2.34. The highest BCUT2D eigenvalue weighted by molar-refractivity contribution is 5.35. The minimum atomic E-state index is -6.64. The van der Waals surface area contributed by atoms with Gasteiger partial charge >= 0.3 is 23.7 Å². The van der Waals surface area contributed by atoms with E-state index in [9.17, 15) is 44.6 Å². The number of halogens is 9. The van der Waals surface area contributed by atoms with E-state index in [1.165, 1.54) is 18.2 Å². The molecule has 27 heavy (non-hydrogen) atoms. The van der Waals surface area contributed by atoms with Gasteiger partial charge in [0.05, 0.1) is 5.60 Å². The summed E-state index contributed by atoms with van der Waals surface area (Å²) < 4.78 is 124. The highest BCUT2D eigenvalue weighted by atomic mass is 19.4. The molecule has 1 N–H and O–H groups in total. The SMILES string of the molecule is CCCc1ccccc1C(C)(O)CC1(F)C(F)(F)C(F)(F)C(F)(F)C1(F)F. The maximum absolute atomic E-state index is 14.7. The van der Waals surface area contributed by atoms with Gasteiger partial charge in [-0.2, -0.15) is 35.1 Å². The molecule has 1 unspecified atom stereocenters. The number of aryl methyl sites for hydroxylation is 1. The molecule has 1 aliphatic rings. The molecule has 1 aliphatic carbocycles. The monoisotopic (exact) mass is 408 g/mol. The van der Waals surface area contributed by atoms with Gasteiger partial charge in [-0.3, -0.25) is 0 Å². The molecule has 154 valence electrons. The second-order valence-electron chi connectivity index (χ2n) is 6.96. The first-order valence-corrected chi connectivity index (χ1v) is 8.02. The van der Waals surface area contributed by atoms with Crippen LogP contribution in [0.5, 0.6) is 0 Å². The van der Waals surface area contributed by atoms with Crippen molar-refractivity contribution in [2.24, 2.45) is 0 Å². The smallest absolute Gasteiger partial charge is 0.381 e. The van der Waals surface area contributed by atoms with Gasteiger partial charge in [-0.1, -0.05) is 37.6 Å². The fourth-order valence-electron chi connectivity index (χ4n) is 3.41. The number of aliphatic hydroxyl groups is 1. The fourth-order valence-corrected chi connectivity index (χ4v) is 3.41. The van der Waals surface area contributed by atoms with Gasteiger partial charge < -0.3 is 5.11 Å². The second-order valence-corrected chi connectivity index (χ2v) is 6.96. The first-order valence-electron chi connectivity index (χ1n) is 8.02. The third kappa shape index (κ3) is 2.58. The van der Waals surface area contributed by atoms with E-state index < -0.39 is 41.4 Å². The van der Waals surface area contributed by atoms with E-state index in [0.29, 0.717) is 13.3 Å². The lowest BCUT2D eigenvalue weighted by atomic mass is 9.78. The topological polar surface area (TPSA) is 20.2 Å². The van der Waals surface area contributed by atoms with Gasteiger partial charge in [0.2, 0.25) is 0 Å². The second kappa shape index (κ2) is 6.02. The molecule has 1 aromatic rings. The summed E-state index contributed by atoms with van der Waals surface area (Å²) in [7, 11) is 0. The zero-order valence-corrected chi connectivity index (χ0v) is 14.3. The third-order valence-electron chi connectivity index (χ3n) is 4.88. The van der Waals surface area contributed by atoms with Crippen LogP contribution in [0.1, 0.15) is 37.8 Å². The van der Waals surface area contributed by atoms with E-state index in [-0.39, 0.29) is 17.5 Å². The van der Waals surface area contributed by atoms with Crippen LogP contribution in [0.25, 0.3) is 0 Å². The Morgan fingerprint density at radius 1 is 0.815 bits per heavy atom. The van der Waals surface area contributed by atoms with Gasteiger partial charge in [-0.05, 0) is 24.5 Å². The van der Waals surface area contributed by atoms with Gasteiger partial charge in [0.15, 0.2) is 0 Å². The number of hydrogen-bond acceptors (Lipinski definition) is 1. The molecule has 0 amide bonds. The third-order valence-corrected chi connectivity index (χ3v) is 4.88. The van der Waals surface area contributed by atoms with Crippen molar-refractivity contribution in [3.63, 3.8) is 0 Å². The van der Waals surface area contributed by atoms with E-state index >= 15 is 0 Å². The Hall–Kier alpha value is -1.45. The zero-order chi connectivity index (χ0) is 21.1. The van der Waals surface area contributed by atoms with Crippen LogP contribution in [0.4, 0.5) is 39.5 Å². The standard InChI is InChI=1S/C17H17F9O/c1-3-6-10-7-4-5-8-11(10)12(2,27)9-13(18)14(19,20)16(23,24)17(25,26)15(13,21)22/h4-5,7-8,27H,3,6,9H2,1-2H3. The van der Waals surface area contributed by atoms with Crippen molar-refractivity contribution in [1.82, 2.24) is 0 Å². The highest BCUT2D eigenvalue weighted by Crippen LogP contribution is 2.71. The van der Waals surface area contributed by atoms with Gasteiger partial charge in [-0.15, -0.1) is 0 Å². The van der Waals surface area contributed by atoms with Gasteiger partial charge in [0, 0.05) is 6.42 Å². The van der Waals surface area contributed by atoms with Crippen LogP contribution in [0.15, 0.2) is 24.3 Å². The Kier molecular flexibility index (Phi) is 4.87. The largest absolute Gasteiger partial charge is 0.385 e. The van der Waals surface area contributed by atoms with Crippen molar-refractivity contribution >= 4 is 0 Å². The Morgan fingerprint density at radius 2 is 1.26 bits per heavy atom. The minimum Gasteiger partial charge on any atom is -0.385 e. The Bertz CT molecular complexity index is 686. The predicted molar refractivity (Wildman–Crippen MR) is 78.3 cm³/mol. The normalized spacial score (nSPS) is 26.5. The van der Waals surface area contributed by atoms with E-state index in [1.807, 2.05) is 0 Å². The summed E-state index contributed by atoms with van der Waals surface area (Å²) in [4.78, 5) is 0. The molecule has 2 rings (SSSR count). The molecule has 0 aliphatic heterocycles. The molecular weight excluding hydrogens is 391 g/mol. The summed E-state index contributed by atoms with van der Waals surface area (Å²) in [5.41, 5.74) is -8.55. The van der Waals surface area contributed by atoms with Crippen LogP contribution in [-0.4, -0.2) is 34.5 Å². The summed E-state index contributed by atoms with van der Waals surface area (Å²) in [6.07, 6.45) is -1.66. The molecule has 0 aromatic heterocycles. The van der Waals surface area contributed by atoms with E-state index in [1.54, 1.807) is 6.92 Å². The molecular formula is C17H17F9O. The van der Waals surface area contributed by atoms with Crippen molar-refractivity contribution in [2.45, 2.75) is 68.1 Å². The lowest BCUT2D eigenvalue weighted by molar-refractivity contribution is -0.303. The van der Waals surface area contributed by atoms with Crippen LogP contribution in [0, 0.1) is 0 Å². The maximum atomic E-state index is 14.7. The zero-order valence-electron chi connectivity index (χ0n) is 14.3. The number of benzene rings is 1. The van der Waals surface area contributed by atoms with Crippen LogP contribution in [0.3, 0.4) is 0 Å². The maximum Gasteiger partial charge on any atom is 0.381 e. The first-order chi connectivity index (χ1) is 12.0. The molecule has 0 saturated heterocycles. The minimum absolute atomic E-state index is 0.227. The molecule has 1 nitrogen and oxygen atoms in total. The number of rotatable bonds is 5. The van der Waals surface area contributed by atoms with Crippen LogP contribution in [0.2, 0.25) is 0 Å². The number of hydrogen-bond donors (Lipinski definition) is 1. The van der Waals surface area contributed by atoms with E-state index in [0.717, 1.165) is 6.07 Å². The molecule has 0 heterocycles. The summed E-state index contributed by atoms with van der Waals surface area (Å²) >= 11 is 0. The average Bonchev–Trinajstić information content (AvgIpc) is 2.58. The fraction of sp³-hybridized carbons (Fsp3) is 0.647. The van der Waals surface area contributed by atoms with Gasteiger partial charge in [0.25, 0.3) is 5.67 Å². The average molecular weight is 408 g/mol. The van der Waals surface area contributed by atoms with Crippen molar-refractivity contribution in [3.8, 4) is 0 Å². The van der Waals surface area contributed by atoms with Gasteiger partial charge in [-0.25, -0.2) is 4.39 Å². The molecule has 1 atom stereocenters. The Labute approximate surface area is 149 Å². The molecule has 1 saturated carbocycles. The van der Waals surface area contributed by atoms with Crippen molar-refractivity contribution in [2.75, 3.05) is 0 Å². The van der Waals surface area contributed by atoms with E-state index in [4.69, 9.17) is 0 Å². The quantitative estimate of drug-likeness (QED) is 0.638. The summed E-state index contributed by atoms with van der Waals surface area (Å²) in [5, 5.41) is 10.4. The van der Waals surface area contributed by atoms with E-state index in [2.05, 4.69) is 0 Å². The van der Waals surface area contributed by atoms with Crippen molar-refractivity contribution in [3.05, 3.63) is 35.4 Å². The molecule has 0 radical (unpaired) electrons. The molecule has 0 bridgehead atoms. The molecule has 1 fully saturated rings. The predicted octanol–water partition coefficient (Wildman–Crippen LogP) is 5.50. The lowest BCUT2D eigenvalue weighted by Gasteiger charge is -2.37. The first kappa shape index (κ1) is 21.8. The van der Waals surface area contributed by atoms with Gasteiger partial charge in [0.1, 0.15) is 0 Å². The Morgan fingerprint density at radius 3 is 1.70 bits per heavy atom. The molecule has 1 aromatic carbocycles. The Balaban J connectivity index is 2.61. The number of alkyl halides is 9. The van der Waals surface area contributed by atoms with Crippen molar-refractivity contribution < 1.29 is 44.6 Å². The van der Waals surface area contributed by atoms with Crippen LogP contribution < -0.4 is 0 Å². The summed E-state index contributed by atoms with van der Waals surface area (Å²) in [5.74, 6) is -26.1. The van der Waals surface area contributed by atoms with Crippen LogP contribution >= 0.6 is 0 Å². The molecule has 0 spiro atoms. The summed E-state index contributed by atoms with van der Waals surface area (Å²) in [6, 6.07) is 5.25.